The van der Waals surface area contributed by atoms with Crippen molar-refractivity contribution in [3.63, 3.8) is 0 Å². The summed E-state index contributed by atoms with van der Waals surface area (Å²) in [6, 6.07) is 0. The highest BCUT2D eigenvalue weighted by Crippen LogP contribution is 2.12. The van der Waals surface area contributed by atoms with E-state index in [1.165, 1.54) is 32.2 Å². The van der Waals surface area contributed by atoms with Crippen LogP contribution in [0.3, 0.4) is 0 Å². The lowest BCUT2D eigenvalue weighted by molar-refractivity contribution is 0.0371. The normalized spacial score (nSPS) is 19.9. The van der Waals surface area contributed by atoms with Crippen LogP contribution < -0.4 is 0 Å². The van der Waals surface area contributed by atoms with Gasteiger partial charge in [0, 0.05) is 19.7 Å². The summed E-state index contributed by atoms with van der Waals surface area (Å²) >= 11 is 0. The fraction of sp³-hybridized carbons (Fsp3) is 1.00. The van der Waals surface area contributed by atoms with Gasteiger partial charge in [-0.2, -0.15) is 0 Å². The summed E-state index contributed by atoms with van der Waals surface area (Å²) in [6.07, 6.45) is 6.18. The summed E-state index contributed by atoms with van der Waals surface area (Å²) in [5, 5.41) is 8.79. The van der Waals surface area contributed by atoms with E-state index in [2.05, 4.69) is 11.8 Å². The molecule has 0 amide bonds. The van der Waals surface area contributed by atoms with E-state index in [1.807, 2.05) is 0 Å². The van der Waals surface area contributed by atoms with Crippen molar-refractivity contribution < 1.29 is 9.84 Å². The fourth-order valence-corrected chi connectivity index (χ4v) is 2.19. The molecule has 1 fully saturated rings. The molecule has 96 valence electrons. The standard InChI is InChI=1S/C13H27NO2/c1-13(6-10-15)5-3-2-4-7-14-8-11-16-12-9-14/h13,15H,2-12H2,1H3. The SMILES string of the molecule is CC(CCO)CCCCCN1CCOCC1. The first-order valence-corrected chi connectivity index (χ1v) is 6.74. The molecule has 1 unspecified atom stereocenters. The first-order chi connectivity index (χ1) is 7.83. The van der Waals surface area contributed by atoms with Crippen molar-refractivity contribution in [3.8, 4) is 0 Å². The molecular weight excluding hydrogens is 202 g/mol. The molecule has 1 aliphatic rings. The van der Waals surface area contributed by atoms with Gasteiger partial charge in [-0.05, 0) is 25.3 Å². The first kappa shape index (κ1) is 13.9. The highest BCUT2D eigenvalue weighted by molar-refractivity contribution is 4.62. The highest BCUT2D eigenvalue weighted by atomic mass is 16.5. The second-order valence-electron chi connectivity index (χ2n) is 4.92. The molecule has 3 nitrogen and oxygen atoms in total. The lowest BCUT2D eigenvalue weighted by atomic mass is 10.0. The lowest BCUT2D eigenvalue weighted by Crippen LogP contribution is -2.36. The van der Waals surface area contributed by atoms with Crippen molar-refractivity contribution in [3.05, 3.63) is 0 Å². The Morgan fingerprint density at radius 2 is 1.88 bits per heavy atom. The van der Waals surface area contributed by atoms with Crippen LogP contribution in [0.1, 0.15) is 39.0 Å². The van der Waals surface area contributed by atoms with E-state index in [4.69, 9.17) is 9.84 Å². The molecule has 0 aromatic rings. The average Bonchev–Trinajstić information content (AvgIpc) is 2.30. The van der Waals surface area contributed by atoms with Crippen molar-refractivity contribution in [1.29, 1.82) is 0 Å². The van der Waals surface area contributed by atoms with Gasteiger partial charge in [0.15, 0.2) is 0 Å². The van der Waals surface area contributed by atoms with E-state index < -0.39 is 0 Å². The molecule has 1 atom stereocenters. The van der Waals surface area contributed by atoms with Gasteiger partial charge in [-0.1, -0.05) is 26.2 Å². The monoisotopic (exact) mass is 229 g/mol. The molecule has 1 saturated heterocycles. The molecule has 1 aliphatic heterocycles. The zero-order valence-electron chi connectivity index (χ0n) is 10.7. The molecule has 0 aliphatic carbocycles. The summed E-state index contributed by atoms with van der Waals surface area (Å²) < 4.78 is 5.32. The van der Waals surface area contributed by atoms with Gasteiger partial charge in [-0.3, -0.25) is 4.90 Å². The fourth-order valence-electron chi connectivity index (χ4n) is 2.19. The number of aliphatic hydroxyl groups excluding tert-OH is 1. The quantitative estimate of drug-likeness (QED) is 0.645. The number of hydrogen-bond acceptors (Lipinski definition) is 3. The first-order valence-electron chi connectivity index (χ1n) is 6.74. The van der Waals surface area contributed by atoms with Crippen molar-refractivity contribution >= 4 is 0 Å². The summed E-state index contributed by atoms with van der Waals surface area (Å²) in [4.78, 5) is 2.50. The van der Waals surface area contributed by atoms with Crippen molar-refractivity contribution in [1.82, 2.24) is 4.90 Å². The molecule has 0 aromatic heterocycles. The largest absolute Gasteiger partial charge is 0.396 e. The maximum atomic E-state index is 8.79. The Labute approximate surface area is 99.8 Å². The lowest BCUT2D eigenvalue weighted by Gasteiger charge is -2.26. The van der Waals surface area contributed by atoms with Crippen LogP contribution in [0.15, 0.2) is 0 Å². The van der Waals surface area contributed by atoms with Crippen LogP contribution in [0.4, 0.5) is 0 Å². The number of aliphatic hydroxyl groups is 1. The molecule has 1 N–H and O–H groups in total. The van der Waals surface area contributed by atoms with E-state index in [0.717, 1.165) is 32.7 Å². The van der Waals surface area contributed by atoms with E-state index in [1.54, 1.807) is 0 Å². The maximum Gasteiger partial charge on any atom is 0.0594 e. The van der Waals surface area contributed by atoms with Gasteiger partial charge in [0.1, 0.15) is 0 Å². The van der Waals surface area contributed by atoms with Gasteiger partial charge >= 0.3 is 0 Å². The predicted molar refractivity (Wildman–Crippen MR) is 66.6 cm³/mol. The summed E-state index contributed by atoms with van der Waals surface area (Å²) in [7, 11) is 0. The van der Waals surface area contributed by atoms with Crippen LogP contribution in [-0.4, -0.2) is 49.5 Å². The number of ether oxygens (including phenoxy) is 1. The third kappa shape index (κ3) is 6.46. The van der Waals surface area contributed by atoms with E-state index in [-0.39, 0.29) is 0 Å². The van der Waals surface area contributed by atoms with Crippen molar-refractivity contribution in [2.24, 2.45) is 5.92 Å². The molecule has 1 heterocycles. The smallest absolute Gasteiger partial charge is 0.0594 e. The Hall–Kier alpha value is -0.120. The summed E-state index contributed by atoms with van der Waals surface area (Å²) in [6.45, 7) is 7.85. The molecule has 16 heavy (non-hydrogen) atoms. The Bertz CT molecular complexity index is 158. The second-order valence-corrected chi connectivity index (χ2v) is 4.92. The summed E-state index contributed by atoms with van der Waals surface area (Å²) in [5.41, 5.74) is 0. The molecule has 0 bridgehead atoms. The van der Waals surface area contributed by atoms with Crippen LogP contribution in [0.2, 0.25) is 0 Å². The number of hydrogen-bond donors (Lipinski definition) is 1. The van der Waals surface area contributed by atoms with E-state index in [0.29, 0.717) is 12.5 Å². The van der Waals surface area contributed by atoms with Gasteiger partial charge in [0.25, 0.3) is 0 Å². The van der Waals surface area contributed by atoms with Crippen molar-refractivity contribution in [2.45, 2.75) is 39.0 Å². The third-order valence-corrected chi connectivity index (χ3v) is 3.40. The van der Waals surface area contributed by atoms with Crippen LogP contribution >= 0.6 is 0 Å². The topological polar surface area (TPSA) is 32.7 Å². The van der Waals surface area contributed by atoms with E-state index >= 15 is 0 Å². The maximum absolute atomic E-state index is 8.79. The van der Waals surface area contributed by atoms with Gasteiger partial charge in [-0.25, -0.2) is 0 Å². The second kappa shape index (κ2) is 8.97. The average molecular weight is 229 g/mol. The Balaban J connectivity index is 1.87. The number of unbranched alkanes of at least 4 members (excludes halogenated alkanes) is 2. The highest BCUT2D eigenvalue weighted by Gasteiger charge is 2.09. The molecule has 0 spiro atoms. The number of rotatable bonds is 8. The number of morpholine rings is 1. The Morgan fingerprint density at radius 3 is 2.56 bits per heavy atom. The molecule has 1 rings (SSSR count). The minimum atomic E-state index is 0.342. The molecule has 0 saturated carbocycles. The minimum Gasteiger partial charge on any atom is -0.396 e. The zero-order chi connectivity index (χ0) is 11.6. The van der Waals surface area contributed by atoms with Gasteiger partial charge in [0.2, 0.25) is 0 Å². The van der Waals surface area contributed by atoms with Gasteiger partial charge in [-0.15, -0.1) is 0 Å². The molecule has 3 heteroatoms. The van der Waals surface area contributed by atoms with Gasteiger partial charge < -0.3 is 9.84 Å². The summed E-state index contributed by atoms with van der Waals surface area (Å²) in [5.74, 6) is 0.688. The van der Waals surface area contributed by atoms with Crippen LogP contribution in [0, 0.1) is 5.92 Å². The molecule has 0 radical (unpaired) electrons. The van der Waals surface area contributed by atoms with Crippen molar-refractivity contribution in [2.75, 3.05) is 39.5 Å². The number of nitrogens with zero attached hydrogens (tertiary/aromatic N) is 1. The minimum absolute atomic E-state index is 0.342. The molecular formula is C13H27NO2. The van der Waals surface area contributed by atoms with E-state index in [9.17, 15) is 0 Å². The van der Waals surface area contributed by atoms with Crippen LogP contribution in [-0.2, 0) is 4.74 Å². The Morgan fingerprint density at radius 1 is 1.12 bits per heavy atom. The Kier molecular flexibility index (Phi) is 7.81. The zero-order valence-corrected chi connectivity index (χ0v) is 10.7. The molecule has 0 aromatic carbocycles. The third-order valence-electron chi connectivity index (χ3n) is 3.40. The van der Waals surface area contributed by atoms with Crippen LogP contribution in [0.5, 0.6) is 0 Å². The van der Waals surface area contributed by atoms with Gasteiger partial charge in [0.05, 0.1) is 13.2 Å². The predicted octanol–water partition coefficient (Wildman–Crippen LogP) is 1.90. The van der Waals surface area contributed by atoms with Crippen LogP contribution in [0.25, 0.3) is 0 Å².